The Bertz CT molecular complexity index is 517. The summed E-state index contributed by atoms with van der Waals surface area (Å²) in [5, 5.41) is 0.766. The summed E-state index contributed by atoms with van der Waals surface area (Å²) in [6.07, 6.45) is 6.59. The van der Waals surface area contributed by atoms with Crippen molar-refractivity contribution in [1.82, 2.24) is 10.9 Å². The average molecular weight is 276 g/mol. The minimum atomic E-state index is -0.0455. The zero-order valence-electron chi connectivity index (χ0n) is 10.8. The lowest BCUT2D eigenvalue weighted by molar-refractivity contribution is 0.0506. The predicted molar refractivity (Wildman–Crippen MR) is 77.1 cm³/mol. The molecule has 0 saturated heterocycles. The molecule has 4 aliphatic rings. The van der Waals surface area contributed by atoms with E-state index in [1.807, 2.05) is 24.3 Å². The molecule has 3 fully saturated rings. The van der Waals surface area contributed by atoms with Gasteiger partial charge in [-0.2, -0.15) is 0 Å². The molecule has 5 rings (SSSR count). The molecule has 1 atom stereocenters. The molecule has 100 valence electrons. The molecule has 0 unspecified atom stereocenters. The number of benzene rings is 1. The normalized spacial score (nSPS) is 36.4. The minimum absolute atomic E-state index is 0.0455. The predicted octanol–water partition coefficient (Wildman–Crippen LogP) is 3.10. The largest absolute Gasteiger partial charge is 0.303 e. The number of hydrogen-bond donors (Lipinski definition) is 2. The van der Waals surface area contributed by atoms with Gasteiger partial charge in [-0.25, -0.2) is 10.4 Å². The van der Waals surface area contributed by atoms with Gasteiger partial charge in [-0.3, -0.25) is 0 Å². The molecule has 1 aromatic rings. The summed E-state index contributed by atoms with van der Waals surface area (Å²) in [6.45, 7) is 0. The van der Waals surface area contributed by atoms with E-state index in [2.05, 4.69) is 10.9 Å². The highest BCUT2D eigenvalue weighted by molar-refractivity contribution is 6.30. The van der Waals surface area contributed by atoms with Gasteiger partial charge in [0.15, 0.2) is 0 Å². The van der Waals surface area contributed by atoms with E-state index in [0.717, 1.165) is 22.3 Å². The molecule has 1 aliphatic heterocycles. The number of hydrogen-bond acceptors (Lipinski definition) is 3. The lowest BCUT2D eigenvalue weighted by Crippen LogP contribution is -2.56. The molecule has 2 N–H and O–H groups in total. The molecular formula is C15H18ClN3. The number of halogens is 1. The lowest BCUT2D eigenvalue weighted by atomic mass is 9.65. The minimum Gasteiger partial charge on any atom is -0.303 e. The summed E-state index contributed by atoms with van der Waals surface area (Å²) in [5.74, 6) is 2.51. The van der Waals surface area contributed by atoms with Crippen LogP contribution in [0.4, 0.5) is 0 Å². The SMILES string of the molecule is Clc1ccc(C2=N[C@]3(CC4CCC3CC4)NN2)cc1. The maximum absolute atomic E-state index is 5.94. The van der Waals surface area contributed by atoms with Gasteiger partial charge in [0.2, 0.25) is 0 Å². The summed E-state index contributed by atoms with van der Waals surface area (Å²) in [4.78, 5) is 5.01. The van der Waals surface area contributed by atoms with Gasteiger partial charge < -0.3 is 5.43 Å². The van der Waals surface area contributed by atoms with E-state index < -0.39 is 0 Å². The van der Waals surface area contributed by atoms with Crippen LogP contribution in [0.1, 0.15) is 37.7 Å². The highest BCUT2D eigenvalue weighted by atomic mass is 35.5. The first-order chi connectivity index (χ1) is 9.25. The quantitative estimate of drug-likeness (QED) is 0.826. The first-order valence-electron chi connectivity index (χ1n) is 7.14. The van der Waals surface area contributed by atoms with Gasteiger partial charge in [-0.1, -0.05) is 11.6 Å². The number of aliphatic imine (C=N–C) groups is 1. The number of hydrazine groups is 1. The van der Waals surface area contributed by atoms with Crippen LogP contribution in [0.2, 0.25) is 5.02 Å². The van der Waals surface area contributed by atoms with E-state index >= 15 is 0 Å². The van der Waals surface area contributed by atoms with Crippen LogP contribution in [-0.4, -0.2) is 11.5 Å². The van der Waals surface area contributed by atoms with E-state index in [4.69, 9.17) is 16.6 Å². The second-order valence-electron chi connectivity index (χ2n) is 6.06. The number of nitrogens with zero attached hydrogens (tertiary/aromatic N) is 1. The monoisotopic (exact) mass is 275 g/mol. The van der Waals surface area contributed by atoms with Crippen LogP contribution < -0.4 is 10.9 Å². The fraction of sp³-hybridized carbons (Fsp3) is 0.533. The Morgan fingerprint density at radius 1 is 1.11 bits per heavy atom. The Morgan fingerprint density at radius 2 is 1.84 bits per heavy atom. The summed E-state index contributed by atoms with van der Waals surface area (Å²) < 4.78 is 0. The Hall–Kier alpha value is -1.06. The van der Waals surface area contributed by atoms with E-state index in [-0.39, 0.29) is 5.66 Å². The van der Waals surface area contributed by atoms with Crippen molar-refractivity contribution in [3.05, 3.63) is 34.9 Å². The average Bonchev–Trinajstić information content (AvgIpc) is 2.85. The van der Waals surface area contributed by atoms with Gasteiger partial charge in [0.1, 0.15) is 11.5 Å². The Kier molecular flexibility index (Phi) is 2.61. The molecule has 1 aromatic carbocycles. The van der Waals surface area contributed by atoms with Crippen molar-refractivity contribution in [3.8, 4) is 0 Å². The first kappa shape index (κ1) is 11.7. The van der Waals surface area contributed by atoms with Crippen molar-refractivity contribution in [1.29, 1.82) is 0 Å². The van der Waals surface area contributed by atoms with Crippen LogP contribution >= 0.6 is 11.6 Å². The number of amidine groups is 1. The van der Waals surface area contributed by atoms with Crippen LogP contribution in [0.5, 0.6) is 0 Å². The Balaban J connectivity index is 1.65. The lowest BCUT2D eigenvalue weighted by Gasteiger charge is -2.47. The Morgan fingerprint density at radius 3 is 2.47 bits per heavy atom. The van der Waals surface area contributed by atoms with E-state index in [1.165, 1.54) is 32.1 Å². The molecule has 3 nitrogen and oxygen atoms in total. The van der Waals surface area contributed by atoms with Crippen LogP contribution in [-0.2, 0) is 0 Å². The summed E-state index contributed by atoms with van der Waals surface area (Å²) >= 11 is 5.94. The number of nitrogens with one attached hydrogen (secondary N) is 2. The highest BCUT2D eigenvalue weighted by Gasteiger charge is 2.49. The van der Waals surface area contributed by atoms with Gasteiger partial charge in [-0.05, 0) is 68.2 Å². The van der Waals surface area contributed by atoms with Crippen LogP contribution in [0, 0.1) is 11.8 Å². The second kappa shape index (κ2) is 4.22. The highest BCUT2D eigenvalue weighted by Crippen LogP contribution is 2.48. The van der Waals surface area contributed by atoms with Crippen molar-refractivity contribution >= 4 is 17.4 Å². The third-order valence-electron chi connectivity index (χ3n) is 4.95. The van der Waals surface area contributed by atoms with Crippen molar-refractivity contribution in [2.45, 2.75) is 37.8 Å². The van der Waals surface area contributed by atoms with Crippen molar-refractivity contribution in [3.63, 3.8) is 0 Å². The third-order valence-corrected chi connectivity index (χ3v) is 5.20. The van der Waals surface area contributed by atoms with Gasteiger partial charge in [-0.15, -0.1) is 0 Å². The van der Waals surface area contributed by atoms with Crippen molar-refractivity contribution in [2.24, 2.45) is 16.8 Å². The van der Waals surface area contributed by atoms with E-state index in [9.17, 15) is 0 Å². The molecule has 3 aliphatic carbocycles. The fourth-order valence-corrected chi connectivity index (χ4v) is 4.03. The summed E-state index contributed by atoms with van der Waals surface area (Å²) in [5.41, 5.74) is 7.84. The zero-order chi connectivity index (χ0) is 12.9. The third kappa shape index (κ3) is 1.87. The first-order valence-corrected chi connectivity index (χ1v) is 7.52. The van der Waals surface area contributed by atoms with E-state index in [1.54, 1.807) is 0 Å². The van der Waals surface area contributed by atoms with Crippen LogP contribution in [0.3, 0.4) is 0 Å². The van der Waals surface area contributed by atoms with Gasteiger partial charge >= 0.3 is 0 Å². The van der Waals surface area contributed by atoms with Gasteiger partial charge in [0, 0.05) is 10.6 Å². The number of fused-ring (bicyclic) bond motifs is 2. The maximum Gasteiger partial charge on any atom is 0.144 e. The molecule has 0 amide bonds. The van der Waals surface area contributed by atoms with E-state index in [0.29, 0.717) is 5.92 Å². The fourth-order valence-electron chi connectivity index (χ4n) is 3.91. The van der Waals surface area contributed by atoms with Crippen LogP contribution in [0.25, 0.3) is 0 Å². The second-order valence-corrected chi connectivity index (χ2v) is 6.50. The summed E-state index contributed by atoms with van der Waals surface area (Å²) in [6, 6.07) is 7.88. The Labute approximate surface area is 118 Å². The standard InChI is InChI=1S/C15H18ClN3/c16-13-7-3-11(4-8-13)14-17-15(19-18-14)9-10-1-5-12(15)6-2-10/h3-4,7-8,10,12,19H,1-2,5-6,9H2,(H,17,18)/t10?,12?,15-/m1/s1. The topological polar surface area (TPSA) is 36.4 Å². The summed E-state index contributed by atoms with van der Waals surface area (Å²) in [7, 11) is 0. The zero-order valence-corrected chi connectivity index (χ0v) is 11.6. The molecule has 19 heavy (non-hydrogen) atoms. The smallest absolute Gasteiger partial charge is 0.144 e. The van der Waals surface area contributed by atoms with Gasteiger partial charge in [0.25, 0.3) is 0 Å². The maximum atomic E-state index is 5.94. The molecule has 3 saturated carbocycles. The molecular weight excluding hydrogens is 258 g/mol. The molecule has 1 heterocycles. The molecule has 4 heteroatoms. The molecule has 0 aromatic heterocycles. The molecule has 1 spiro atoms. The molecule has 0 radical (unpaired) electrons. The van der Waals surface area contributed by atoms with Crippen LogP contribution in [0.15, 0.2) is 29.3 Å². The molecule has 2 bridgehead atoms. The van der Waals surface area contributed by atoms with Crippen molar-refractivity contribution in [2.75, 3.05) is 0 Å². The number of rotatable bonds is 1. The van der Waals surface area contributed by atoms with Gasteiger partial charge in [0.05, 0.1) is 0 Å². The van der Waals surface area contributed by atoms with Crippen molar-refractivity contribution < 1.29 is 0 Å².